The first-order chi connectivity index (χ1) is 7.24. The Morgan fingerprint density at radius 1 is 1.40 bits per heavy atom. The van der Waals surface area contributed by atoms with Crippen molar-refractivity contribution in [3.63, 3.8) is 0 Å². The molecule has 0 radical (unpaired) electrons. The standard InChI is InChI=1S/C11H22F2N2/c1-2-6-14-8-10-5-3-4-7-15(10)9-11(12)13/h10-11,14H,2-9H2,1H3. The van der Waals surface area contributed by atoms with Gasteiger partial charge in [-0.05, 0) is 32.4 Å². The summed E-state index contributed by atoms with van der Waals surface area (Å²) in [5, 5.41) is 3.32. The number of rotatable bonds is 6. The van der Waals surface area contributed by atoms with Crippen LogP contribution in [0.5, 0.6) is 0 Å². The minimum atomic E-state index is -2.20. The minimum Gasteiger partial charge on any atom is -0.315 e. The van der Waals surface area contributed by atoms with Crippen LogP contribution in [0.1, 0.15) is 32.6 Å². The van der Waals surface area contributed by atoms with Crippen LogP contribution >= 0.6 is 0 Å². The smallest absolute Gasteiger partial charge is 0.251 e. The second-order valence-corrected chi connectivity index (χ2v) is 4.24. The number of nitrogens with one attached hydrogen (secondary N) is 1. The van der Waals surface area contributed by atoms with E-state index in [1.54, 1.807) is 0 Å². The van der Waals surface area contributed by atoms with Crippen molar-refractivity contribution in [3.8, 4) is 0 Å². The lowest BCUT2D eigenvalue weighted by molar-refractivity contribution is 0.0493. The number of halogens is 2. The van der Waals surface area contributed by atoms with Gasteiger partial charge in [-0.1, -0.05) is 13.3 Å². The number of nitrogens with zero attached hydrogens (tertiary/aromatic N) is 1. The lowest BCUT2D eigenvalue weighted by Crippen LogP contribution is -2.47. The second kappa shape index (κ2) is 7.12. The van der Waals surface area contributed by atoms with E-state index >= 15 is 0 Å². The third-order valence-electron chi connectivity index (χ3n) is 2.93. The molecule has 0 aliphatic carbocycles. The van der Waals surface area contributed by atoms with Crippen molar-refractivity contribution < 1.29 is 8.78 Å². The highest BCUT2D eigenvalue weighted by atomic mass is 19.3. The highest BCUT2D eigenvalue weighted by Crippen LogP contribution is 2.17. The maximum absolute atomic E-state index is 12.3. The summed E-state index contributed by atoms with van der Waals surface area (Å²) >= 11 is 0. The molecule has 1 aliphatic heterocycles. The molecule has 1 atom stereocenters. The molecule has 4 heteroatoms. The molecule has 1 N–H and O–H groups in total. The summed E-state index contributed by atoms with van der Waals surface area (Å²) in [6.07, 6.45) is 2.21. The van der Waals surface area contributed by atoms with Gasteiger partial charge in [-0.25, -0.2) is 8.78 Å². The van der Waals surface area contributed by atoms with Gasteiger partial charge in [0.2, 0.25) is 0 Å². The van der Waals surface area contributed by atoms with Crippen LogP contribution in [0.2, 0.25) is 0 Å². The van der Waals surface area contributed by atoms with Crippen LogP contribution in [-0.2, 0) is 0 Å². The molecule has 1 unspecified atom stereocenters. The van der Waals surface area contributed by atoms with Gasteiger partial charge in [-0.3, -0.25) is 4.90 Å². The first-order valence-electron chi connectivity index (χ1n) is 5.97. The summed E-state index contributed by atoms with van der Waals surface area (Å²) in [6.45, 7) is 4.74. The first kappa shape index (κ1) is 12.8. The minimum absolute atomic E-state index is 0.0571. The lowest BCUT2D eigenvalue weighted by Gasteiger charge is -2.35. The Hall–Kier alpha value is -0.220. The van der Waals surface area contributed by atoms with Gasteiger partial charge in [0.1, 0.15) is 0 Å². The van der Waals surface area contributed by atoms with Crippen molar-refractivity contribution in [3.05, 3.63) is 0 Å². The molecule has 0 spiro atoms. The highest BCUT2D eigenvalue weighted by molar-refractivity contribution is 4.79. The summed E-state index contributed by atoms with van der Waals surface area (Å²) in [5.41, 5.74) is 0. The number of piperidine rings is 1. The summed E-state index contributed by atoms with van der Waals surface area (Å²) in [5.74, 6) is 0. The van der Waals surface area contributed by atoms with E-state index in [1.165, 1.54) is 6.42 Å². The van der Waals surface area contributed by atoms with E-state index in [0.29, 0.717) is 6.04 Å². The molecular weight excluding hydrogens is 198 g/mol. The molecule has 15 heavy (non-hydrogen) atoms. The number of hydrogen-bond acceptors (Lipinski definition) is 2. The van der Waals surface area contributed by atoms with Crippen molar-refractivity contribution in [1.29, 1.82) is 0 Å². The Morgan fingerprint density at radius 3 is 2.87 bits per heavy atom. The zero-order valence-corrected chi connectivity index (χ0v) is 9.51. The predicted molar refractivity (Wildman–Crippen MR) is 58.4 cm³/mol. The van der Waals surface area contributed by atoms with Gasteiger partial charge in [0.15, 0.2) is 0 Å². The molecule has 0 bridgehead atoms. The quantitative estimate of drug-likeness (QED) is 0.690. The molecular formula is C11H22F2N2. The van der Waals surface area contributed by atoms with Crippen LogP contribution in [-0.4, -0.2) is 43.5 Å². The summed E-state index contributed by atoms with van der Waals surface area (Å²) in [7, 11) is 0. The largest absolute Gasteiger partial charge is 0.315 e. The Kier molecular flexibility index (Phi) is 6.10. The van der Waals surface area contributed by atoms with E-state index in [9.17, 15) is 8.78 Å². The molecule has 0 amide bonds. The molecule has 1 saturated heterocycles. The fourth-order valence-corrected chi connectivity index (χ4v) is 2.15. The van der Waals surface area contributed by atoms with E-state index in [-0.39, 0.29) is 6.54 Å². The van der Waals surface area contributed by atoms with Crippen molar-refractivity contribution in [2.24, 2.45) is 0 Å². The van der Waals surface area contributed by atoms with Crippen molar-refractivity contribution in [1.82, 2.24) is 10.2 Å². The predicted octanol–water partition coefficient (Wildman–Crippen LogP) is 2.11. The molecule has 1 rings (SSSR count). The number of alkyl halides is 2. The Labute approximate surface area is 91.0 Å². The van der Waals surface area contributed by atoms with Crippen LogP contribution in [0.4, 0.5) is 8.78 Å². The monoisotopic (exact) mass is 220 g/mol. The van der Waals surface area contributed by atoms with Gasteiger partial charge in [0, 0.05) is 12.6 Å². The zero-order valence-electron chi connectivity index (χ0n) is 9.51. The Bertz CT molecular complexity index is 165. The number of hydrogen-bond donors (Lipinski definition) is 1. The van der Waals surface area contributed by atoms with Crippen LogP contribution in [0.3, 0.4) is 0 Å². The van der Waals surface area contributed by atoms with Crippen LogP contribution < -0.4 is 5.32 Å². The van der Waals surface area contributed by atoms with Crippen molar-refractivity contribution in [2.75, 3.05) is 26.2 Å². The average molecular weight is 220 g/mol. The van der Waals surface area contributed by atoms with E-state index in [1.807, 2.05) is 4.90 Å². The molecule has 0 aromatic rings. The molecule has 1 heterocycles. The van der Waals surface area contributed by atoms with E-state index < -0.39 is 6.43 Å². The van der Waals surface area contributed by atoms with E-state index in [2.05, 4.69) is 12.2 Å². The number of likely N-dealkylation sites (tertiary alicyclic amines) is 1. The van der Waals surface area contributed by atoms with Crippen LogP contribution in [0, 0.1) is 0 Å². The maximum Gasteiger partial charge on any atom is 0.251 e. The van der Waals surface area contributed by atoms with Gasteiger partial charge in [-0.15, -0.1) is 0 Å². The molecule has 1 aliphatic rings. The third kappa shape index (κ3) is 4.89. The maximum atomic E-state index is 12.3. The molecule has 0 aromatic carbocycles. The van der Waals surface area contributed by atoms with Crippen molar-refractivity contribution >= 4 is 0 Å². The average Bonchev–Trinajstić information content (AvgIpc) is 2.20. The van der Waals surface area contributed by atoms with E-state index in [4.69, 9.17) is 0 Å². The molecule has 0 aromatic heterocycles. The highest BCUT2D eigenvalue weighted by Gasteiger charge is 2.24. The van der Waals surface area contributed by atoms with Gasteiger partial charge in [0.05, 0.1) is 6.54 Å². The van der Waals surface area contributed by atoms with Crippen LogP contribution in [0.15, 0.2) is 0 Å². The molecule has 1 fully saturated rings. The fraction of sp³-hybridized carbons (Fsp3) is 1.00. The summed E-state index contributed by atoms with van der Waals surface area (Å²) in [6, 6.07) is 0.319. The van der Waals surface area contributed by atoms with Crippen molar-refractivity contribution in [2.45, 2.75) is 45.1 Å². The van der Waals surface area contributed by atoms with Gasteiger partial charge < -0.3 is 5.32 Å². The fourth-order valence-electron chi connectivity index (χ4n) is 2.15. The summed E-state index contributed by atoms with van der Waals surface area (Å²) in [4.78, 5) is 1.94. The zero-order chi connectivity index (χ0) is 11.1. The van der Waals surface area contributed by atoms with Gasteiger partial charge >= 0.3 is 0 Å². The van der Waals surface area contributed by atoms with E-state index in [0.717, 1.165) is 38.9 Å². The SMILES string of the molecule is CCCNCC1CCCCN1CC(F)F. The summed E-state index contributed by atoms with van der Waals surface area (Å²) < 4.78 is 24.6. The van der Waals surface area contributed by atoms with Gasteiger partial charge in [-0.2, -0.15) is 0 Å². The molecule has 2 nitrogen and oxygen atoms in total. The molecule has 90 valence electrons. The normalized spacial score (nSPS) is 23.6. The first-order valence-corrected chi connectivity index (χ1v) is 5.97. The lowest BCUT2D eigenvalue weighted by atomic mass is 10.0. The van der Waals surface area contributed by atoms with Gasteiger partial charge in [0.25, 0.3) is 6.43 Å². The third-order valence-corrected chi connectivity index (χ3v) is 2.93. The molecule has 0 saturated carbocycles. The Balaban J connectivity index is 2.29. The Morgan fingerprint density at radius 2 is 2.20 bits per heavy atom. The topological polar surface area (TPSA) is 15.3 Å². The van der Waals surface area contributed by atoms with Crippen LogP contribution in [0.25, 0.3) is 0 Å². The second-order valence-electron chi connectivity index (χ2n) is 4.24.